The third kappa shape index (κ3) is 4.42. The van der Waals surface area contributed by atoms with Gasteiger partial charge in [0.15, 0.2) is 0 Å². The van der Waals surface area contributed by atoms with Crippen molar-refractivity contribution < 1.29 is 9.84 Å². The van der Waals surface area contributed by atoms with E-state index in [9.17, 15) is 5.11 Å². The van der Waals surface area contributed by atoms with Gasteiger partial charge in [-0.15, -0.1) is 0 Å². The van der Waals surface area contributed by atoms with Gasteiger partial charge >= 0.3 is 0 Å². The minimum absolute atomic E-state index is 0.277. The lowest BCUT2D eigenvalue weighted by atomic mass is 9.72. The zero-order valence-corrected chi connectivity index (χ0v) is 11.3. The predicted molar refractivity (Wildman–Crippen MR) is 67.5 cm³/mol. The molecule has 1 fully saturated rings. The average molecular weight is 228 g/mol. The molecular weight excluding hydrogens is 200 g/mol. The number of aliphatic hydroxyl groups excluding tert-OH is 1. The van der Waals surface area contributed by atoms with Crippen LogP contribution in [0.5, 0.6) is 0 Å². The first kappa shape index (κ1) is 14.0. The average Bonchev–Trinajstić information content (AvgIpc) is 2.25. The van der Waals surface area contributed by atoms with E-state index in [1.807, 2.05) is 6.92 Å². The molecule has 1 N–H and O–H groups in total. The van der Waals surface area contributed by atoms with E-state index >= 15 is 0 Å². The van der Waals surface area contributed by atoms with Gasteiger partial charge in [-0.05, 0) is 43.4 Å². The maximum atomic E-state index is 9.44. The molecule has 0 heterocycles. The van der Waals surface area contributed by atoms with Crippen LogP contribution in [0.25, 0.3) is 0 Å². The highest BCUT2D eigenvalue weighted by molar-refractivity contribution is 4.80. The molecule has 1 atom stereocenters. The van der Waals surface area contributed by atoms with E-state index in [0.29, 0.717) is 18.1 Å². The van der Waals surface area contributed by atoms with E-state index in [4.69, 9.17) is 4.74 Å². The Balaban J connectivity index is 2.22. The van der Waals surface area contributed by atoms with Gasteiger partial charge in [-0.25, -0.2) is 0 Å². The highest BCUT2D eigenvalue weighted by atomic mass is 16.5. The summed E-state index contributed by atoms with van der Waals surface area (Å²) in [5.74, 6) is 0.837. The van der Waals surface area contributed by atoms with E-state index in [1.54, 1.807) is 0 Å². The molecule has 1 rings (SSSR count). The maximum absolute atomic E-state index is 9.44. The number of ether oxygens (including phenoxy) is 1. The van der Waals surface area contributed by atoms with Crippen molar-refractivity contribution in [1.82, 2.24) is 0 Å². The summed E-state index contributed by atoms with van der Waals surface area (Å²) < 4.78 is 5.75. The minimum atomic E-state index is -0.277. The van der Waals surface area contributed by atoms with E-state index in [-0.39, 0.29) is 6.10 Å². The maximum Gasteiger partial charge on any atom is 0.0771 e. The fraction of sp³-hybridized carbons (Fsp3) is 1.00. The largest absolute Gasteiger partial charge is 0.391 e. The Morgan fingerprint density at radius 2 is 1.75 bits per heavy atom. The standard InChI is InChI=1S/C14H28O2/c1-5-12(15)10-16-13-8-6-11(7-9-13)14(2,3)4/h11-13,15H,5-10H2,1-4H3/t11-,12?,13+. The van der Waals surface area contributed by atoms with Gasteiger partial charge in [0.25, 0.3) is 0 Å². The quantitative estimate of drug-likeness (QED) is 0.799. The van der Waals surface area contributed by atoms with Crippen LogP contribution in [0.3, 0.4) is 0 Å². The van der Waals surface area contributed by atoms with Crippen molar-refractivity contribution in [3.8, 4) is 0 Å². The molecule has 0 amide bonds. The summed E-state index contributed by atoms with van der Waals surface area (Å²) in [7, 11) is 0. The topological polar surface area (TPSA) is 29.5 Å². The van der Waals surface area contributed by atoms with Gasteiger partial charge in [0.05, 0.1) is 18.8 Å². The first-order chi connectivity index (χ1) is 7.43. The van der Waals surface area contributed by atoms with Crippen LogP contribution >= 0.6 is 0 Å². The fourth-order valence-corrected chi connectivity index (χ4v) is 2.46. The number of hydrogen-bond acceptors (Lipinski definition) is 2. The number of aliphatic hydroxyl groups is 1. The second kappa shape index (κ2) is 6.02. The van der Waals surface area contributed by atoms with Crippen LogP contribution in [0.15, 0.2) is 0 Å². The first-order valence-corrected chi connectivity index (χ1v) is 6.73. The smallest absolute Gasteiger partial charge is 0.0771 e. The van der Waals surface area contributed by atoms with Crippen LogP contribution in [0.2, 0.25) is 0 Å². The number of hydrogen-bond donors (Lipinski definition) is 1. The second-order valence-electron chi connectivity index (χ2n) is 6.24. The lowest BCUT2D eigenvalue weighted by Gasteiger charge is -2.37. The Morgan fingerprint density at radius 1 is 1.19 bits per heavy atom. The van der Waals surface area contributed by atoms with Gasteiger partial charge in [0.2, 0.25) is 0 Å². The first-order valence-electron chi connectivity index (χ1n) is 6.73. The van der Waals surface area contributed by atoms with Crippen molar-refractivity contribution in [2.75, 3.05) is 6.61 Å². The predicted octanol–water partition coefficient (Wildman–Crippen LogP) is 3.38. The Bertz CT molecular complexity index is 187. The van der Waals surface area contributed by atoms with Gasteiger partial charge < -0.3 is 9.84 Å². The van der Waals surface area contributed by atoms with Crippen molar-refractivity contribution in [2.45, 2.75) is 72.0 Å². The zero-order valence-electron chi connectivity index (χ0n) is 11.3. The highest BCUT2D eigenvalue weighted by Crippen LogP contribution is 2.38. The molecule has 1 saturated carbocycles. The summed E-state index contributed by atoms with van der Waals surface area (Å²) in [6.45, 7) is 9.50. The molecule has 1 aliphatic carbocycles. The monoisotopic (exact) mass is 228 g/mol. The molecular formula is C14H28O2. The second-order valence-corrected chi connectivity index (χ2v) is 6.24. The van der Waals surface area contributed by atoms with Crippen LogP contribution in [0.4, 0.5) is 0 Å². The van der Waals surface area contributed by atoms with Crippen LogP contribution in [0.1, 0.15) is 59.8 Å². The number of rotatable bonds is 4. The summed E-state index contributed by atoms with van der Waals surface area (Å²) >= 11 is 0. The van der Waals surface area contributed by atoms with Crippen LogP contribution < -0.4 is 0 Å². The Morgan fingerprint density at radius 3 is 2.19 bits per heavy atom. The molecule has 16 heavy (non-hydrogen) atoms. The molecule has 0 radical (unpaired) electrons. The molecule has 0 spiro atoms. The summed E-state index contributed by atoms with van der Waals surface area (Å²) in [6, 6.07) is 0. The highest BCUT2D eigenvalue weighted by Gasteiger charge is 2.29. The van der Waals surface area contributed by atoms with E-state index in [0.717, 1.165) is 12.3 Å². The molecule has 0 aromatic rings. The van der Waals surface area contributed by atoms with Crippen molar-refractivity contribution >= 4 is 0 Å². The summed E-state index contributed by atoms with van der Waals surface area (Å²) in [5, 5.41) is 9.44. The van der Waals surface area contributed by atoms with Gasteiger partial charge in [0, 0.05) is 0 Å². The lowest BCUT2D eigenvalue weighted by molar-refractivity contribution is -0.0373. The minimum Gasteiger partial charge on any atom is -0.391 e. The van der Waals surface area contributed by atoms with E-state index < -0.39 is 0 Å². The van der Waals surface area contributed by atoms with E-state index in [2.05, 4.69) is 20.8 Å². The fourth-order valence-electron chi connectivity index (χ4n) is 2.46. The molecule has 1 aliphatic rings. The Hall–Kier alpha value is -0.0800. The molecule has 0 bridgehead atoms. The SMILES string of the molecule is CCC(O)CO[C@H]1CC[C@@H](C(C)(C)C)CC1. The van der Waals surface area contributed by atoms with Crippen molar-refractivity contribution in [2.24, 2.45) is 11.3 Å². The molecule has 1 unspecified atom stereocenters. The third-order valence-electron chi connectivity index (χ3n) is 3.89. The van der Waals surface area contributed by atoms with Crippen molar-refractivity contribution in [3.63, 3.8) is 0 Å². The molecule has 0 saturated heterocycles. The summed E-state index contributed by atoms with van der Waals surface area (Å²) in [4.78, 5) is 0. The van der Waals surface area contributed by atoms with Crippen molar-refractivity contribution in [1.29, 1.82) is 0 Å². The van der Waals surface area contributed by atoms with E-state index in [1.165, 1.54) is 25.7 Å². The molecule has 2 nitrogen and oxygen atoms in total. The lowest BCUT2D eigenvalue weighted by Crippen LogP contribution is -2.30. The van der Waals surface area contributed by atoms with Gasteiger partial charge in [-0.1, -0.05) is 27.7 Å². The molecule has 96 valence electrons. The van der Waals surface area contributed by atoms with Crippen molar-refractivity contribution in [3.05, 3.63) is 0 Å². The van der Waals surface area contributed by atoms with Gasteiger partial charge in [-0.3, -0.25) is 0 Å². The normalized spacial score (nSPS) is 29.1. The molecule has 0 aliphatic heterocycles. The summed E-state index contributed by atoms with van der Waals surface area (Å²) in [5.41, 5.74) is 0.438. The van der Waals surface area contributed by atoms with Crippen LogP contribution in [-0.4, -0.2) is 23.9 Å². The van der Waals surface area contributed by atoms with Crippen LogP contribution in [-0.2, 0) is 4.74 Å². The van der Waals surface area contributed by atoms with Gasteiger partial charge in [-0.2, -0.15) is 0 Å². The van der Waals surface area contributed by atoms with Gasteiger partial charge in [0.1, 0.15) is 0 Å². The van der Waals surface area contributed by atoms with Crippen LogP contribution in [0, 0.1) is 11.3 Å². The molecule has 2 heteroatoms. The summed E-state index contributed by atoms with van der Waals surface area (Å²) in [6.07, 6.45) is 5.78. The molecule has 0 aromatic heterocycles. The Labute approximate surface area is 100 Å². The molecule has 0 aromatic carbocycles. The zero-order chi connectivity index (χ0) is 12.2. The third-order valence-corrected chi connectivity index (χ3v) is 3.89. The Kier molecular flexibility index (Phi) is 5.26.